The normalized spacial score (nSPS) is 10.6. The molecular formula is C12H14FN3. The summed E-state index contributed by atoms with van der Waals surface area (Å²) in [5.41, 5.74) is 6.93. The molecule has 2 rings (SSSR count). The zero-order valence-electron chi connectivity index (χ0n) is 8.94. The Morgan fingerprint density at radius 3 is 2.88 bits per heavy atom. The summed E-state index contributed by atoms with van der Waals surface area (Å²) in [5.74, 6) is -0.252. The lowest BCUT2D eigenvalue weighted by molar-refractivity contribution is 0.606. The highest BCUT2D eigenvalue weighted by atomic mass is 19.1. The van der Waals surface area contributed by atoms with E-state index in [0.717, 1.165) is 18.4 Å². The molecule has 1 aromatic carbocycles. The van der Waals surface area contributed by atoms with Crippen LogP contribution in [0.2, 0.25) is 0 Å². The van der Waals surface area contributed by atoms with Crippen molar-refractivity contribution >= 4 is 0 Å². The molecule has 1 heterocycles. The van der Waals surface area contributed by atoms with Gasteiger partial charge < -0.3 is 5.73 Å². The van der Waals surface area contributed by atoms with E-state index in [4.69, 9.17) is 5.73 Å². The van der Waals surface area contributed by atoms with E-state index >= 15 is 0 Å². The molecular weight excluding hydrogens is 205 g/mol. The molecule has 2 aromatic rings. The molecule has 84 valence electrons. The molecule has 0 unspecified atom stereocenters. The smallest absolute Gasteiger partial charge is 0.149 e. The van der Waals surface area contributed by atoms with Gasteiger partial charge in [0, 0.05) is 12.4 Å². The number of hydrogen-bond donors (Lipinski definition) is 1. The molecule has 4 heteroatoms. The van der Waals surface area contributed by atoms with Crippen LogP contribution in [0.4, 0.5) is 4.39 Å². The van der Waals surface area contributed by atoms with Gasteiger partial charge in [-0.15, -0.1) is 0 Å². The van der Waals surface area contributed by atoms with Crippen molar-refractivity contribution in [3.05, 3.63) is 48.0 Å². The number of hydrogen-bond acceptors (Lipinski definition) is 2. The van der Waals surface area contributed by atoms with Crippen LogP contribution in [-0.4, -0.2) is 16.3 Å². The first-order valence-electron chi connectivity index (χ1n) is 5.30. The number of rotatable bonds is 4. The van der Waals surface area contributed by atoms with Crippen LogP contribution in [0.25, 0.3) is 5.69 Å². The second-order valence-electron chi connectivity index (χ2n) is 3.59. The van der Waals surface area contributed by atoms with Gasteiger partial charge in [0.05, 0.1) is 0 Å². The second-order valence-corrected chi connectivity index (χ2v) is 3.59. The van der Waals surface area contributed by atoms with Gasteiger partial charge >= 0.3 is 0 Å². The van der Waals surface area contributed by atoms with Gasteiger partial charge in [-0.25, -0.2) is 9.07 Å². The van der Waals surface area contributed by atoms with Gasteiger partial charge in [0.2, 0.25) is 0 Å². The van der Waals surface area contributed by atoms with Crippen LogP contribution in [-0.2, 0) is 6.42 Å². The minimum Gasteiger partial charge on any atom is -0.330 e. The molecule has 0 atom stereocenters. The third-order valence-corrected chi connectivity index (χ3v) is 2.45. The molecule has 2 N–H and O–H groups in total. The molecule has 1 aromatic heterocycles. The summed E-state index contributed by atoms with van der Waals surface area (Å²) in [6.07, 6.45) is 4.99. The monoisotopic (exact) mass is 219 g/mol. The maximum Gasteiger partial charge on any atom is 0.149 e. The molecule has 0 fully saturated rings. The zero-order valence-corrected chi connectivity index (χ0v) is 8.94. The maximum atomic E-state index is 13.7. The Morgan fingerprint density at radius 1 is 1.31 bits per heavy atom. The summed E-state index contributed by atoms with van der Waals surface area (Å²) >= 11 is 0. The van der Waals surface area contributed by atoms with Crippen molar-refractivity contribution in [2.24, 2.45) is 5.73 Å². The number of halogens is 1. The molecule has 0 aliphatic rings. The quantitative estimate of drug-likeness (QED) is 0.853. The fourth-order valence-electron chi connectivity index (χ4n) is 1.71. The predicted molar refractivity (Wildman–Crippen MR) is 60.9 cm³/mol. The van der Waals surface area contributed by atoms with Gasteiger partial charge in [-0.1, -0.05) is 12.1 Å². The third-order valence-electron chi connectivity index (χ3n) is 2.45. The Kier molecular flexibility index (Phi) is 3.31. The molecule has 0 bridgehead atoms. The molecule has 0 amide bonds. The number of nitrogens with zero attached hydrogens (tertiary/aromatic N) is 2. The third kappa shape index (κ3) is 2.12. The van der Waals surface area contributed by atoms with E-state index in [0.29, 0.717) is 12.2 Å². The summed E-state index contributed by atoms with van der Waals surface area (Å²) < 4.78 is 15.3. The molecule has 0 radical (unpaired) electrons. The first kappa shape index (κ1) is 10.8. The number of aryl methyl sites for hydroxylation is 1. The average molecular weight is 219 g/mol. The summed E-state index contributed by atoms with van der Waals surface area (Å²) in [6.45, 7) is 0.606. The largest absolute Gasteiger partial charge is 0.330 e. The minimum atomic E-state index is -0.252. The van der Waals surface area contributed by atoms with E-state index in [-0.39, 0.29) is 5.82 Å². The maximum absolute atomic E-state index is 13.7. The molecule has 0 spiro atoms. The second kappa shape index (κ2) is 4.90. The van der Waals surface area contributed by atoms with E-state index in [2.05, 4.69) is 5.10 Å². The van der Waals surface area contributed by atoms with Crippen molar-refractivity contribution in [1.29, 1.82) is 0 Å². The fraction of sp³-hybridized carbons (Fsp3) is 0.250. The number of benzene rings is 1. The molecule has 3 nitrogen and oxygen atoms in total. The van der Waals surface area contributed by atoms with Crippen LogP contribution in [0.3, 0.4) is 0 Å². The summed E-state index contributed by atoms with van der Waals surface area (Å²) in [5, 5.41) is 4.06. The molecule has 0 aliphatic carbocycles. The van der Waals surface area contributed by atoms with Gasteiger partial charge in [0.25, 0.3) is 0 Å². The topological polar surface area (TPSA) is 43.8 Å². The molecule has 0 saturated carbocycles. The van der Waals surface area contributed by atoms with Crippen LogP contribution < -0.4 is 5.73 Å². The molecule has 0 saturated heterocycles. The lowest BCUT2D eigenvalue weighted by Gasteiger charge is -2.10. The van der Waals surface area contributed by atoms with Crippen molar-refractivity contribution in [3.8, 4) is 5.69 Å². The standard InChI is InChI=1S/C12H14FN3/c13-11-6-1-4-10(5-2-7-14)12(11)16-9-3-8-15-16/h1,3-4,6,8-9H,2,5,7,14H2. The predicted octanol–water partition coefficient (Wildman–Crippen LogP) is 1.90. The first-order valence-corrected chi connectivity index (χ1v) is 5.30. The lowest BCUT2D eigenvalue weighted by atomic mass is 10.1. The van der Waals surface area contributed by atoms with Crippen molar-refractivity contribution in [1.82, 2.24) is 9.78 Å². The van der Waals surface area contributed by atoms with Crippen LogP contribution in [0.15, 0.2) is 36.7 Å². The minimum absolute atomic E-state index is 0.252. The van der Waals surface area contributed by atoms with Crippen LogP contribution in [0.1, 0.15) is 12.0 Å². The molecule has 0 aliphatic heterocycles. The van der Waals surface area contributed by atoms with Gasteiger partial charge in [-0.2, -0.15) is 5.10 Å². The van der Waals surface area contributed by atoms with Gasteiger partial charge in [0.15, 0.2) is 0 Å². The highest BCUT2D eigenvalue weighted by Gasteiger charge is 2.09. The van der Waals surface area contributed by atoms with Crippen LogP contribution >= 0.6 is 0 Å². The first-order chi connectivity index (χ1) is 7.83. The van der Waals surface area contributed by atoms with Crippen molar-refractivity contribution in [2.75, 3.05) is 6.54 Å². The van der Waals surface area contributed by atoms with E-state index in [1.165, 1.54) is 6.07 Å². The van der Waals surface area contributed by atoms with E-state index < -0.39 is 0 Å². The summed E-state index contributed by atoms with van der Waals surface area (Å²) in [6, 6.07) is 6.85. The Hall–Kier alpha value is -1.68. The van der Waals surface area contributed by atoms with Crippen LogP contribution in [0.5, 0.6) is 0 Å². The Bertz CT molecular complexity index is 451. The van der Waals surface area contributed by atoms with Crippen LogP contribution in [0, 0.1) is 5.82 Å². The summed E-state index contributed by atoms with van der Waals surface area (Å²) in [7, 11) is 0. The highest BCUT2D eigenvalue weighted by Crippen LogP contribution is 2.19. The van der Waals surface area contributed by atoms with Crippen molar-refractivity contribution < 1.29 is 4.39 Å². The fourth-order valence-corrected chi connectivity index (χ4v) is 1.71. The van der Waals surface area contributed by atoms with E-state index in [9.17, 15) is 4.39 Å². The van der Waals surface area contributed by atoms with E-state index in [1.54, 1.807) is 29.2 Å². The number of aromatic nitrogens is 2. The molecule has 16 heavy (non-hydrogen) atoms. The van der Waals surface area contributed by atoms with Gasteiger partial charge in [-0.05, 0) is 37.1 Å². The summed E-state index contributed by atoms with van der Waals surface area (Å²) in [4.78, 5) is 0. The van der Waals surface area contributed by atoms with Crippen molar-refractivity contribution in [2.45, 2.75) is 12.8 Å². The SMILES string of the molecule is NCCCc1cccc(F)c1-n1cccn1. The van der Waals surface area contributed by atoms with Gasteiger partial charge in [0.1, 0.15) is 11.5 Å². The Morgan fingerprint density at radius 2 is 2.19 bits per heavy atom. The Balaban J connectivity index is 2.41. The lowest BCUT2D eigenvalue weighted by Crippen LogP contribution is -2.06. The van der Waals surface area contributed by atoms with E-state index in [1.807, 2.05) is 6.07 Å². The Labute approximate surface area is 93.7 Å². The average Bonchev–Trinajstić information content (AvgIpc) is 2.79. The zero-order chi connectivity index (χ0) is 11.4. The highest BCUT2D eigenvalue weighted by molar-refractivity contribution is 5.41. The van der Waals surface area contributed by atoms with Crippen molar-refractivity contribution in [3.63, 3.8) is 0 Å². The number of para-hydroxylation sites is 1. The number of nitrogens with two attached hydrogens (primary N) is 1. The van der Waals surface area contributed by atoms with Gasteiger partial charge in [-0.3, -0.25) is 0 Å².